The van der Waals surface area contributed by atoms with Gasteiger partial charge in [0.1, 0.15) is 16.9 Å². The molecule has 0 saturated carbocycles. The summed E-state index contributed by atoms with van der Waals surface area (Å²) in [6, 6.07) is 11.8. The molecule has 2 aromatic heterocycles. The van der Waals surface area contributed by atoms with E-state index in [1.54, 1.807) is 12.1 Å². The number of hydrogen-bond acceptors (Lipinski definition) is 3. The van der Waals surface area contributed by atoms with Crippen LogP contribution < -0.4 is 5.56 Å². The monoisotopic (exact) mass is 372 g/mol. The number of halogens is 2. The molecule has 0 N–H and O–H groups in total. The van der Waals surface area contributed by atoms with Gasteiger partial charge >= 0.3 is 0 Å². The minimum Gasteiger partial charge on any atom is -0.448 e. The van der Waals surface area contributed by atoms with E-state index in [0.29, 0.717) is 15.6 Å². The molecule has 0 saturated heterocycles. The molecule has 4 rings (SSSR count). The van der Waals surface area contributed by atoms with Crippen LogP contribution in [-0.2, 0) is 6.54 Å². The van der Waals surface area contributed by atoms with Crippen LogP contribution in [0.25, 0.3) is 22.1 Å². The largest absolute Gasteiger partial charge is 0.448 e. The summed E-state index contributed by atoms with van der Waals surface area (Å²) in [5.74, 6) is -0.334. The Morgan fingerprint density at radius 2 is 2.04 bits per heavy atom. The number of furan rings is 1. The molecule has 0 atom stereocenters. The first-order valence-electron chi connectivity index (χ1n) is 6.94. The van der Waals surface area contributed by atoms with Crippen molar-refractivity contribution in [3.8, 4) is 0 Å². The third-order valence-corrected chi connectivity index (χ3v) is 4.44. The van der Waals surface area contributed by atoms with Gasteiger partial charge in [-0.1, -0.05) is 34.1 Å². The molecule has 0 aliphatic rings. The van der Waals surface area contributed by atoms with Crippen molar-refractivity contribution in [1.82, 2.24) is 9.55 Å². The lowest BCUT2D eigenvalue weighted by Crippen LogP contribution is -2.20. The Morgan fingerprint density at radius 1 is 1.22 bits per heavy atom. The molecule has 0 fully saturated rings. The summed E-state index contributed by atoms with van der Waals surface area (Å²) >= 11 is 3.31. The van der Waals surface area contributed by atoms with Crippen molar-refractivity contribution in [2.45, 2.75) is 6.54 Å². The smallest absolute Gasteiger partial charge is 0.297 e. The molecular formula is C17H10BrFN2O2. The molecule has 4 aromatic rings. The average Bonchev–Trinajstić information content (AvgIpc) is 2.92. The highest BCUT2D eigenvalue weighted by atomic mass is 79.9. The van der Waals surface area contributed by atoms with Crippen LogP contribution in [0, 0.1) is 5.82 Å². The maximum Gasteiger partial charge on any atom is 0.297 e. The molecular weight excluding hydrogens is 363 g/mol. The Kier molecular flexibility index (Phi) is 3.27. The van der Waals surface area contributed by atoms with Gasteiger partial charge in [0.25, 0.3) is 5.56 Å². The number of fused-ring (bicyclic) bond motifs is 3. The standard InChI is InChI=1S/C17H10BrFN2O2/c18-13-7-11(19)6-5-10(13)8-21-9-20-15-12-3-1-2-4-14(12)23-16(15)17(21)22/h1-7,9H,8H2. The van der Waals surface area contributed by atoms with E-state index in [1.165, 1.54) is 23.0 Å². The van der Waals surface area contributed by atoms with E-state index in [0.717, 1.165) is 10.9 Å². The molecule has 6 heteroatoms. The predicted molar refractivity (Wildman–Crippen MR) is 89.0 cm³/mol. The first kappa shape index (κ1) is 14.1. The summed E-state index contributed by atoms with van der Waals surface area (Å²) in [7, 11) is 0. The molecule has 0 spiro atoms. The van der Waals surface area contributed by atoms with Crippen LogP contribution in [0.5, 0.6) is 0 Å². The fourth-order valence-electron chi connectivity index (χ4n) is 2.56. The zero-order valence-electron chi connectivity index (χ0n) is 11.8. The normalized spacial score (nSPS) is 11.4. The van der Waals surface area contributed by atoms with Crippen molar-refractivity contribution in [2.75, 3.05) is 0 Å². The van der Waals surface area contributed by atoms with Gasteiger partial charge in [-0.2, -0.15) is 0 Å². The lowest BCUT2D eigenvalue weighted by Gasteiger charge is -2.07. The van der Waals surface area contributed by atoms with Gasteiger partial charge in [0.15, 0.2) is 0 Å². The Bertz CT molecular complexity index is 1100. The van der Waals surface area contributed by atoms with Crippen molar-refractivity contribution in [3.63, 3.8) is 0 Å². The Morgan fingerprint density at radius 3 is 2.87 bits per heavy atom. The van der Waals surface area contributed by atoms with Gasteiger partial charge in [-0.25, -0.2) is 9.37 Å². The SMILES string of the molecule is O=c1c2oc3ccccc3c2ncn1Cc1ccc(F)cc1Br. The second-order valence-corrected chi connectivity index (χ2v) is 6.04. The summed E-state index contributed by atoms with van der Waals surface area (Å²) in [5, 5.41) is 0.815. The molecule has 2 heterocycles. The summed E-state index contributed by atoms with van der Waals surface area (Å²) < 4.78 is 20.9. The van der Waals surface area contributed by atoms with Crippen LogP contribution in [0.3, 0.4) is 0 Å². The van der Waals surface area contributed by atoms with Gasteiger partial charge in [0, 0.05) is 9.86 Å². The maximum absolute atomic E-state index is 13.2. The van der Waals surface area contributed by atoms with Gasteiger partial charge in [-0.15, -0.1) is 0 Å². The lowest BCUT2D eigenvalue weighted by molar-refractivity contribution is 0.623. The zero-order chi connectivity index (χ0) is 16.0. The van der Waals surface area contributed by atoms with Gasteiger partial charge < -0.3 is 4.42 Å². The van der Waals surface area contributed by atoms with Gasteiger partial charge in [-0.05, 0) is 29.8 Å². The van der Waals surface area contributed by atoms with Crippen molar-refractivity contribution in [1.29, 1.82) is 0 Å². The molecule has 23 heavy (non-hydrogen) atoms. The minimum atomic E-state index is -0.334. The summed E-state index contributed by atoms with van der Waals surface area (Å²) in [5.41, 5.74) is 1.94. The molecule has 0 bridgehead atoms. The highest BCUT2D eigenvalue weighted by Gasteiger charge is 2.13. The van der Waals surface area contributed by atoms with Gasteiger partial charge in [0.2, 0.25) is 5.58 Å². The van der Waals surface area contributed by atoms with Crippen LogP contribution >= 0.6 is 15.9 Å². The topological polar surface area (TPSA) is 48.0 Å². The van der Waals surface area contributed by atoms with E-state index in [2.05, 4.69) is 20.9 Å². The summed E-state index contributed by atoms with van der Waals surface area (Å²) in [4.78, 5) is 17.0. The Balaban J connectivity index is 1.86. The number of benzene rings is 2. The second kappa shape index (κ2) is 5.31. The quantitative estimate of drug-likeness (QED) is 0.532. The van der Waals surface area contributed by atoms with Crippen LogP contribution in [0.4, 0.5) is 4.39 Å². The van der Waals surface area contributed by atoms with Crippen LogP contribution in [0.15, 0.2) is 62.5 Å². The van der Waals surface area contributed by atoms with E-state index in [1.807, 2.05) is 18.2 Å². The molecule has 114 valence electrons. The molecule has 0 aliphatic heterocycles. The number of para-hydroxylation sites is 1. The predicted octanol–water partition coefficient (Wildman–Crippen LogP) is 4.09. The molecule has 0 amide bonds. The van der Waals surface area contributed by atoms with Crippen LogP contribution in [0.2, 0.25) is 0 Å². The van der Waals surface area contributed by atoms with Crippen molar-refractivity contribution < 1.29 is 8.81 Å². The van der Waals surface area contributed by atoms with E-state index in [4.69, 9.17) is 4.42 Å². The fourth-order valence-corrected chi connectivity index (χ4v) is 3.04. The van der Waals surface area contributed by atoms with Crippen molar-refractivity contribution >= 4 is 38.0 Å². The molecule has 0 radical (unpaired) electrons. The molecule has 2 aromatic carbocycles. The van der Waals surface area contributed by atoms with E-state index >= 15 is 0 Å². The maximum atomic E-state index is 13.2. The third kappa shape index (κ3) is 2.35. The fraction of sp³-hybridized carbons (Fsp3) is 0.0588. The summed E-state index contributed by atoms with van der Waals surface area (Å²) in [6.45, 7) is 0.277. The highest BCUT2D eigenvalue weighted by molar-refractivity contribution is 9.10. The first-order valence-corrected chi connectivity index (χ1v) is 7.73. The van der Waals surface area contributed by atoms with Crippen LogP contribution in [0.1, 0.15) is 5.56 Å². The van der Waals surface area contributed by atoms with Gasteiger partial charge in [-0.3, -0.25) is 9.36 Å². The number of rotatable bonds is 2. The Hall–Kier alpha value is -2.47. The molecule has 4 nitrogen and oxygen atoms in total. The minimum absolute atomic E-state index is 0.229. The van der Waals surface area contributed by atoms with Crippen molar-refractivity contribution in [3.05, 3.63) is 75.0 Å². The van der Waals surface area contributed by atoms with E-state index in [9.17, 15) is 9.18 Å². The lowest BCUT2D eigenvalue weighted by atomic mass is 10.2. The number of aromatic nitrogens is 2. The first-order chi connectivity index (χ1) is 11.1. The Labute approximate surface area is 138 Å². The average molecular weight is 373 g/mol. The van der Waals surface area contributed by atoms with Gasteiger partial charge in [0.05, 0.1) is 12.9 Å². The summed E-state index contributed by atoms with van der Waals surface area (Å²) in [6.07, 6.45) is 1.49. The third-order valence-electron chi connectivity index (χ3n) is 3.71. The van der Waals surface area contributed by atoms with Crippen molar-refractivity contribution in [2.24, 2.45) is 0 Å². The number of nitrogens with zero attached hydrogens (tertiary/aromatic N) is 2. The molecule has 0 aliphatic carbocycles. The zero-order valence-corrected chi connectivity index (χ0v) is 13.4. The van der Waals surface area contributed by atoms with Crippen LogP contribution in [-0.4, -0.2) is 9.55 Å². The number of hydrogen-bond donors (Lipinski definition) is 0. The van der Waals surface area contributed by atoms with E-state index in [-0.39, 0.29) is 23.5 Å². The second-order valence-electron chi connectivity index (χ2n) is 5.19. The molecule has 0 unspecified atom stereocenters. The van der Waals surface area contributed by atoms with E-state index < -0.39 is 0 Å². The highest BCUT2D eigenvalue weighted by Crippen LogP contribution is 2.24.